The number of ketones is 1. The minimum absolute atomic E-state index is 0.0277. The van der Waals surface area contributed by atoms with Crippen LogP contribution in [0.2, 0.25) is 0 Å². The summed E-state index contributed by atoms with van der Waals surface area (Å²) in [6.45, 7) is 5.59. The van der Waals surface area contributed by atoms with Gasteiger partial charge in [0.1, 0.15) is 17.9 Å². The lowest BCUT2D eigenvalue weighted by Gasteiger charge is -2.15. The van der Waals surface area contributed by atoms with Crippen LogP contribution in [-0.2, 0) is 20.9 Å². The fourth-order valence-electron chi connectivity index (χ4n) is 2.84. The van der Waals surface area contributed by atoms with Gasteiger partial charge in [0.15, 0.2) is 5.78 Å². The fourth-order valence-corrected chi connectivity index (χ4v) is 2.84. The van der Waals surface area contributed by atoms with E-state index in [1.165, 1.54) is 20.5 Å². The Morgan fingerprint density at radius 3 is 2.33 bits per heavy atom. The molecule has 0 atom stereocenters. The first kappa shape index (κ1) is 20.2. The fraction of sp³-hybridized carbons (Fsp3) is 0.273. The predicted molar refractivity (Wildman–Crippen MR) is 104 cm³/mol. The van der Waals surface area contributed by atoms with Crippen molar-refractivity contribution in [2.45, 2.75) is 27.4 Å². The third kappa shape index (κ3) is 4.76. The number of rotatable bonds is 7. The van der Waals surface area contributed by atoms with E-state index in [9.17, 15) is 9.59 Å². The Morgan fingerprint density at radius 1 is 1.00 bits per heavy atom. The zero-order valence-corrected chi connectivity index (χ0v) is 16.3. The van der Waals surface area contributed by atoms with E-state index in [1.807, 2.05) is 50.2 Å². The van der Waals surface area contributed by atoms with Gasteiger partial charge in [-0.25, -0.2) is 4.79 Å². The van der Waals surface area contributed by atoms with Crippen LogP contribution in [0.3, 0.4) is 0 Å². The number of Topliss-reactive ketones (excluding diaryl/α,β-unsaturated/α-hetero) is 1. The summed E-state index contributed by atoms with van der Waals surface area (Å²) < 4.78 is 15.9. The normalized spacial score (nSPS) is 11.1. The van der Waals surface area contributed by atoms with E-state index >= 15 is 0 Å². The average Bonchev–Trinajstić information content (AvgIpc) is 2.66. The van der Waals surface area contributed by atoms with Crippen LogP contribution in [0.25, 0.3) is 5.57 Å². The Bertz CT molecular complexity index is 880. The molecule has 5 heteroatoms. The Balaban J connectivity index is 2.32. The average molecular weight is 368 g/mol. The summed E-state index contributed by atoms with van der Waals surface area (Å²) in [6.07, 6.45) is 1.36. The van der Waals surface area contributed by atoms with Gasteiger partial charge >= 0.3 is 5.97 Å². The van der Waals surface area contributed by atoms with Crippen molar-refractivity contribution in [1.82, 2.24) is 0 Å². The van der Waals surface area contributed by atoms with Gasteiger partial charge in [0, 0.05) is 5.56 Å². The summed E-state index contributed by atoms with van der Waals surface area (Å²) in [5.41, 5.74) is 4.25. The molecule has 0 fully saturated rings. The molecule has 0 spiro atoms. The molecule has 0 aliphatic carbocycles. The molecule has 2 rings (SSSR count). The zero-order valence-electron chi connectivity index (χ0n) is 16.3. The van der Waals surface area contributed by atoms with E-state index in [1.54, 1.807) is 6.92 Å². The zero-order chi connectivity index (χ0) is 20.0. The summed E-state index contributed by atoms with van der Waals surface area (Å²) in [5, 5.41) is 0. The standard InChI is InChI=1S/C22H24O5/c1-14-11-21(15(2)10-19(14)16(3)23)27-12-17-8-6-7-9-18(17)20(13-25-4)22(24)26-5/h6-11,13H,12H2,1-5H3/b20-13-. The van der Waals surface area contributed by atoms with Crippen LogP contribution in [-0.4, -0.2) is 26.0 Å². The Kier molecular flexibility index (Phi) is 6.77. The highest BCUT2D eigenvalue weighted by Gasteiger charge is 2.17. The highest BCUT2D eigenvalue weighted by Crippen LogP contribution is 2.26. The lowest BCUT2D eigenvalue weighted by atomic mass is 10.0. The number of hydrogen-bond donors (Lipinski definition) is 0. The first-order chi connectivity index (χ1) is 12.9. The van der Waals surface area contributed by atoms with Gasteiger partial charge in [0.05, 0.1) is 20.5 Å². The monoisotopic (exact) mass is 368 g/mol. The Labute approximate surface area is 159 Å². The van der Waals surface area contributed by atoms with Crippen molar-refractivity contribution < 1.29 is 23.8 Å². The predicted octanol–water partition coefficient (Wildman–Crippen LogP) is 4.25. The van der Waals surface area contributed by atoms with Crippen LogP contribution < -0.4 is 4.74 Å². The van der Waals surface area contributed by atoms with E-state index in [4.69, 9.17) is 14.2 Å². The lowest BCUT2D eigenvalue weighted by Crippen LogP contribution is -2.08. The molecular formula is C22H24O5. The maximum atomic E-state index is 12.1. The van der Waals surface area contributed by atoms with E-state index in [2.05, 4.69) is 0 Å². The first-order valence-electron chi connectivity index (χ1n) is 8.53. The molecule has 0 amide bonds. The molecule has 0 aromatic heterocycles. The van der Waals surface area contributed by atoms with E-state index < -0.39 is 5.97 Å². The van der Waals surface area contributed by atoms with E-state index in [-0.39, 0.29) is 12.4 Å². The number of ether oxygens (including phenoxy) is 3. The summed E-state index contributed by atoms with van der Waals surface area (Å²) in [6, 6.07) is 11.1. The maximum Gasteiger partial charge on any atom is 0.341 e. The van der Waals surface area contributed by atoms with Gasteiger partial charge in [-0.3, -0.25) is 4.79 Å². The van der Waals surface area contributed by atoms with Crippen LogP contribution >= 0.6 is 0 Å². The molecule has 2 aromatic carbocycles. The lowest BCUT2D eigenvalue weighted by molar-refractivity contribution is -0.133. The maximum absolute atomic E-state index is 12.1. The number of hydrogen-bond acceptors (Lipinski definition) is 5. The van der Waals surface area contributed by atoms with Crippen LogP contribution in [0.15, 0.2) is 42.7 Å². The highest BCUT2D eigenvalue weighted by atomic mass is 16.5. The molecule has 5 nitrogen and oxygen atoms in total. The second kappa shape index (κ2) is 9.03. The third-order valence-corrected chi connectivity index (χ3v) is 4.23. The minimum Gasteiger partial charge on any atom is -0.503 e. The van der Waals surface area contributed by atoms with Crippen LogP contribution in [0.1, 0.15) is 39.5 Å². The minimum atomic E-state index is -0.484. The molecule has 0 N–H and O–H groups in total. The number of carbonyl (C=O) groups is 2. The van der Waals surface area contributed by atoms with Gasteiger partial charge in [0.25, 0.3) is 0 Å². The number of benzene rings is 2. The largest absolute Gasteiger partial charge is 0.503 e. The SMILES string of the molecule is CO/C=C(\C(=O)OC)c1ccccc1COc1cc(C)c(C(C)=O)cc1C. The van der Waals surface area contributed by atoms with Crippen molar-refractivity contribution in [1.29, 1.82) is 0 Å². The molecule has 27 heavy (non-hydrogen) atoms. The van der Waals surface area contributed by atoms with Crippen LogP contribution in [0.4, 0.5) is 0 Å². The molecule has 2 aromatic rings. The topological polar surface area (TPSA) is 61.8 Å². The van der Waals surface area contributed by atoms with Gasteiger partial charge in [0.2, 0.25) is 0 Å². The quantitative estimate of drug-likeness (QED) is 0.316. The number of esters is 1. The van der Waals surface area contributed by atoms with Crippen molar-refractivity contribution >= 4 is 17.3 Å². The summed E-state index contributed by atoms with van der Waals surface area (Å²) >= 11 is 0. The summed E-state index contributed by atoms with van der Waals surface area (Å²) in [4.78, 5) is 23.8. The Hall–Kier alpha value is -3.08. The molecule has 0 saturated heterocycles. The van der Waals surface area contributed by atoms with Crippen molar-refractivity contribution in [3.8, 4) is 5.75 Å². The first-order valence-corrected chi connectivity index (χ1v) is 8.53. The molecule has 142 valence electrons. The summed E-state index contributed by atoms with van der Waals surface area (Å²) in [5.74, 6) is 0.240. The second-order valence-electron chi connectivity index (χ2n) is 6.19. The van der Waals surface area contributed by atoms with Gasteiger partial charge in [-0.1, -0.05) is 24.3 Å². The van der Waals surface area contributed by atoms with Gasteiger partial charge < -0.3 is 14.2 Å². The van der Waals surface area contributed by atoms with Crippen molar-refractivity contribution in [2.24, 2.45) is 0 Å². The van der Waals surface area contributed by atoms with E-state index in [0.29, 0.717) is 22.4 Å². The van der Waals surface area contributed by atoms with Crippen LogP contribution in [0, 0.1) is 13.8 Å². The molecule has 0 heterocycles. The van der Waals surface area contributed by atoms with Gasteiger partial charge in [-0.2, -0.15) is 0 Å². The van der Waals surface area contributed by atoms with Crippen LogP contribution in [0.5, 0.6) is 5.75 Å². The molecule has 0 unspecified atom stereocenters. The molecule has 0 saturated carbocycles. The third-order valence-electron chi connectivity index (χ3n) is 4.23. The highest BCUT2D eigenvalue weighted by molar-refractivity contribution is 6.16. The van der Waals surface area contributed by atoms with E-state index in [0.717, 1.165) is 16.7 Å². The number of methoxy groups -OCH3 is 2. The number of aryl methyl sites for hydroxylation is 2. The van der Waals surface area contributed by atoms with Crippen molar-refractivity contribution in [3.05, 3.63) is 70.5 Å². The molecular weight excluding hydrogens is 344 g/mol. The summed E-state index contributed by atoms with van der Waals surface area (Å²) in [7, 11) is 2.80. The van der Waals surface area contributed by atoms with Crippen molar-refractivity contribution in [3.63, 3.8) is 0 Å². The number of carbonyl (C=O) groups excluding carboxylic acids is 2. The van der Waals surface area contributed by atoms with Gasteiger partial charge in [-0.05, 0) is 55.2 Å². The van der Waals surface area contributed by atoms with Gasteiger partial charge in [-0.15, -0.1) is 0 Å². The smallest absolute Gasteiger partial charge is 0.341 e. The molecule has 0 aliphatic rings. The second-order valence-corrected chi connectivity index (χ2v) is 6.19. The molecule has 0 bridgehead atoms. The molecule has 0 radical (unpaired) electrons. The molecule has 0 aliphatic heterocycles. The Morgan fingerprint density at radius 2 is 1.70 bits per heavy atom. The van der Waals surface area contributed by atoms with Crippen molar-refractivity contribution in [2.75, 3.05) is 14.2 Å².